The summed E-state index contributed by atoms with van der Waals surface area (Å²) in [5.74, 6) is 0.710. The van der Waals surface area contributed by atoms with E-state index in [0.29, 0.717) is 5.92 Å². The van der Waals surface area contributed by atoms with Crippen molar-refractivity contribution in [2.24, 2.45) is 0 Å². The first-order valence-corrected chi connectivity index (χ1v) is 9.82. The van der Waals surface area contributed by atoms with Crippen molar-refractivity contribution in [3.05, 3.63) is 65.2 Å². The third-order valence-corrected chi connectivity index (χ3v) is 5.34. The van der Waals surface area contributed by atoms with Crippen LogP contribution in [0.15, 0.2) is 48.5 Å². The Bertz CT molecular complexity index is 742. The van der Waals surface area contributed by atoms with Gasteiger partial charge >= 0.3 is 0 Å². The molecule has 27 heavy (non-hydrogen) atoms. The van der Waals surface area contributed by atoms with Crippen molar-refractivity contribution < 1.29 is 4.79 Å². The number of nitrogens with zero attached hydrogens (tertiary/aromatic N) is 3. The highest BCUT2D eigenvalue weighted by Gasteiger charge is 2.22. The molecule has 1 amide bonds. The lowest BCUT2D eigenvalue weighted by Crippen LogP contribution is -2.48. The van der Waals surface area contributed by atoms with E-state index in [0.717, 1.165) is 44.0 Å². The van der Waals surface area contributed by atoms with Crippen molar-refractivity contribution in [2.75, 3.05) is 45.2 Å². The second-order valence-electron chi connectivity index (χ2n) is 7.91. The van der Waals surface area contributed by atoms with Crippen molar-refractivity contribution in [3.8, 4) is 0 Å². The van der Waals surface area contributed by atoms with Crippen LogP contribution in [-0.4, -0.2) is 56.0 Å². The maximum atomic E-state index is 12.7. The summed E-state index contributed by atoms with van der Waals surface area (Å²) in [4.78, 5) is 19.2. The third kappa shape index (κ3) is 4.89. The summed E-state index contributed by atoms with van der Waals surface area (Å²) in [7, 11) is 4.01. The Labute approximate surface area is 163 Å². The van der Waals surface area contributed by atoms with Gasteiger partial charge in [0.05, 0.1) is 0 Å². The van der Waals surface area contributed by atoms with Crippen LogP contribution in [0.1, 0.15) is 41.3 Å². The second-order valence-corrected chi connectivity index (χ2v) is 7.91. The van der Waals surface area contributed by atoms with Crippen LogP contribution in [0.3, 0.4) is 0 Å². The highest BCUT2D eigenvalue weighted by atomic mass is 16.2. The first-order valence-electron chi connectivity index (χ1n) is 9.82. The summed E-state index contributed by atoms with van der Waals surface area (Å²) in [6, 6.07) is 16.8. The fourth-order valence-electron chi connectivity index (χ4n) is 3.46. The number of hydrogen-bond donors (Lipinski definition) is 0. The molecule has 2 aromatic carbocycles. The van der Waals surface area contributed by atoms with Gasteiger partial charge in [-0.2, -0.15) is 0 Å². The number of hydrogen-bond acceptors (Lipinski definition) is 3. The molecule has 144 valence electrons. The van der Waals surface area contributed by atoms with Gasteiger partial charge in [0.15, 0.2) is 0 Å². The van der Waals surface area contributed by atoms with Gasteiger partial charge in [-0.3, -0.25) is 9.69 Å². The second kappa shape index (κ2) is 8.57. The lowest BCUT2D eigenvalue weighted by atomic mass is 10.0. The molecule has 1 fully saturated rings. The van der Waals surface area contributed by atoms with Crippen molar-refractivity contribution in [3.63, 3.8) is 0 Å². The van der Waals surface area contributed by atoms with Gasteiger partial charge in [0.2, 0.25) is 0 Å². The zero-order valence-corrected chi connectivity index (χ0v) is 17.0. The fourth-order valence-corrected chi connectivity index (χ4v) is 3.46. The van der Waals surface area contributed by atoms with E-state index in [1.807, 2.05) is 48.2 Å². The molecule has 2 aromatic rings. The number of carbonyl (C=O) groups excluding carboxylic acids is 1. The number of amides is 1. The molecule has 0 unspecified atom stereocenters. The van der Waals surface area contributed by atoms with E-state index in [9.17, 15) is 4.79 Å². The average Bonchev–Trinajstić information content (AvgIpc) is 2.68. The van der Waals surface area contributed by atoms with E-state index in [1.54, 1.807) is 0 Å². The average molecular weight is 366 g/mol. The predicted octanol–water partition coefficient (Wildman–Crippen LogP) is 3.83. The molecule has 1 aliphatic heterocycles. The van der Waals surface area contributed by atoms with Crippen LogP contribution in [0.25, 0.3) is 0 Å². The predicted molar refractivity (Wildman–Crippen MR) is 112 cm³/mol. The SMILES string of the molecule is CC(C)c1ccc(CN2CCN(C(=O)c3ccc(N(C)C)cc3)CC2)cc1. The molecule has 0 N–H and O–H groups in total. The summed E-state index contributed by atoms with van der Waals surface area (Å²) in [5, 5.41) is 0. The number of rotatable bonds is 5. The Morgan fingerprint density at radius 3 is 2.04 bits per heavy atom. The van der Waals surface area contributed by atoms with Gasteiger partial charge < -0.3 is 9.80 Å². The van der Waals surface area contributed by atoms with Crippen LogP contribution < -0.4 is 4.90 Å². The minimum absolute atomic E-state index is 0.140. The van der Waals surface area contributed by atoms with Gasteiger partial charge in [0.25, 0.3) is 5.91 Å². The molecule has 0 radical (unpaired) electrons. The molecular formula is C23H31N3O. The third-order valence-electron chi connectivity index (χ3n) is 5.34. The smallest absolute Gasteiger partial charge is 0.253 e. The molecule has 4 nitrogen and oxygen atoms in total. The maximum Gasteiger partial charge on any atom is 0.253 e. The summed E-state index contributed by atoms with van der Waals surface area (Å²) in [5.41, 5.74) is 4.62. The number of carbonyl (C=O) groups is 1. The Balaban J connectivity index is 1.52. The van der Waals surface area contributed by atoms with Gasteiger partial charge in [0.1, 0.15) is 0 Å². The molecule has 3 rings (SSSR count). The van der Waals surface area contributed by atoms with Crippen LogP contribution >= 0.6 is 0 Å². The highest BCUT2D eigenvalue weighted by Crippen LogP contribution is 2.18. The van der Waals surface area contributed by atoms with Crippen LogP contribution in [0.2, 0.25) is 0 Å². The standard InChI is InChI=1S/C23H31N3O/c1-18(2)20-7-5-19(6-8-20)17-25-13-15-26(16-14-25)23(27)21-9-11-22(12-10-21)24(3)4/h5-12,18H,13-17H2,1-4H3. The topological polar surface area (TPSA) is 26.8 Å². The molecule has 0 saturated carbocycles. The molecule has 1 saturated heterocycles. The van der Waals surface area contributed by atoms with E-state index in [2.05, 4.69) is 43.0 Å². The first kappa shape index (κ1) is 19.4. The first-order chi connectivity index (χ1) is 12.9. The van der Waals surface area contributed by atoms with Crippen LogP contribution in [0.5, 0.6) is 0 Å². The fraction of sp³-hybridized carbons (Fsp3) is 0.435. The molecule has 0 aliphatic carbocycles. The molecule has 0 atom stereocenters. The minimum Gasteiger partial charge on any atom is -0.378 e. The number of benzene rings is 2. The molecule has 0 aromatic heterocycles. The summed E-state index contributed by atoms with van der Waals surface area (Å²) < 4.78 is 0. The summed E-state index contributed by atoms with van der Waals surface area (Å²) in [6.07, 6.45) is 0. The molecule has 0 bridgehead atoms. The summed E-state index contributed by atoms with van der Waals surface area (Å²) >= 11 is 0. The zero-order valence-electron chi connectivity index (χ0n) is 17.0. The Morgan fingerprint density at radius 2 is 1.52 bits per heavy atom. The molecule has 1 heterocycles. The zero-order chi connectivity index (χ0) is 19.4. The maximum absolute atomic E-state index is 12.7. The number of piperazine rings is 1. The monoisotopic (exact) mass is 365 g/mol. The molecular weight excluding hydrogens is 334 g/mol. The van der Waals surface area contributed by atoms with E-state index in [4.69, 9.17) is 0 Å². The van der Waals surface area contributed by atoms with E-state index >= 15 is 0 Å². The van der Waals surface area contributed by atoms with Crippen molar-refractivity contribution >= 4 is 11.6 Å². The van der Waals surface area contributed by atoms with Crippen LogP contribution in [0.4, 0.5) is 5.69 Å². The molecule has 0 spiro atoms. The number of anilines is 1. The molecule has 4 heteroatoms. The van der Waals surface area contributed by atoms with Gasteiger partial charge in [0, 0.05) is 58.1 Å². The van der Waals surface area contributed by atoms with Gasteiger partial charge in [-0.05, 0) is 41.3 Å². The van der Waals surface area contributed by atoms with Crippen molar-refractivity contribution in [2.45, 2.75) is 26.3 Å². The lowest BCUT2D eigenvalue weighted by Gasteiger charge is -2.35. The van der Waals surface area contributed by atoms with Gasteiger partial charge in [-0.25, -0.2) is 0 Å². The van der Waals surface area contributed by atoms with E-state index in [-0.39, 0.29) is 5.91 Å². The minimum atomic E-state index is 0.140. The Morgan fingerprint density at radius 1 is 0.926 bits per heavy atom. The summed E-state index contributed by atoms with van der Waals surface area (Å²) in [6.45, 7) is 8.83. The quantitative estimate of drug-likeness (QED) is 0.806. The van der Waals surface area contributed by atoms with E-state index in [1.165, 1.54) is 11.1 Å². The van der Waals surface area contributed by atoms with E-state index < -0.39 is 0 Å². The lowest BCUT2D eigenvalue weighted by molar-refractivity contribution is 0.0628. The highest BCUT2D eigenvalue weighted by molar-refractivity contribution is 5.94. The van der Waals surface area contributed by atoms with Crippen LogP contribution in [0, 0.1) is 0 Å². The van der Waals surface area contributed by atoms with Gasteiger partial charge in [-0.1, -0.05) is 38.1 Å². The van der Waals surface area contributed by atoms with Gasteiger partial charge in [-0.15, -0.1) is 0 Å². The van der Waals surface area contributed by atoms with Crippen LogP contribution in [-0.2, 0) is 6.54 Å². The largest absolute Gasteiger partial charge is 0.378 e. The Hall–Kier alpha value is -2.33. The molecule has 1 aliphatic rings. The van der Waals surface area contributed by atoms with Crippen molar-refractivity contribution in [1.29, 1.82) is 0 Å². The van der Waals surface area contributed by atoms with Crippen molar-refractivity contribution in [1.82, 2.24) is 9.80 Å². The normalized spacial score (nSPS) is 15.2. The Kier molecular flexibility index (Phi) is 6.17.